The second-order valence-corrected chi connectivity index (χ2v) is 6.81. The number of hydrogen-bond acceptors (Lipinski definition) is 5. The Kier molecular flexibility index (Phi) is 4.56. The smallest absolute Gasteiger partial charge is 0.269 e. The molecule has 0 bridgehead atoms. The lowest BCUT2D eigenvalue weighted by molar-refractivity contribution is -0.385. The highest BCUT2D eigenvalue weighted by Gasteiger charge is 2.21. The van der Waals surface area contributed by atoms with Gasteiger partial charge in [0.15, 0.2) is 0 Å². The predicted octanol–water partition coefficient (Wildman–Crippen LogP) is 2.11. The minimum atomic E-state index is -3.98. The quantitative estimate of drug-likeness (QED) is 0.630. The molecule has 0 aromatic heterocycles. The summed E-state index contributed by atoms with van der Waals surface area (Å²) in [4.78, 5) is 21.4. The van der Waals surface area contributed by atoms with Gasteiger partial charge in [-0.25, -0.2) is 8.42 Å². The van der Waals surface area contributed by atoms with Crippen LogP contribution in [-0.4, -0.2) is 19.2 Å². The highest BCUT2D eigenvalue weighted by Crippen LogP contribution is 2.25. The Morgan fingerprint density at radius 1 is 1.21 bits per heavy atom. The summed E-state index contributed by atoms with van der Waals surface area (Å²) in [5.74, 6) is -0.667. The number of nitrogens with zero attached hydrogens (tertiary/aromatic N) is 1. The van der Waals surface area contributed by atoms with Crippen molar-refractivity contribution in [3.63, 3.8) is 0 Å². The maximum absolute atomic E-state index is 12.5. The maximum atomic E-state index is 12.5. The monoisotopic (exact) mass is 349 g/mol. The minimum Gasteiger partial charge on any atom is -0.366 e. The molecule has 0 saturated heterocycles. The molecule has 0 aliphatic rings. The number of sulfonamides is 1. The molecule has 0 atom stereocenters. The fourth-order valence-electron chi connectivity index (χ4n) is 2.26. The largest absolute Gasteiger partial charge is 0.366 e. The molecule has 0 saturated carbocycles. The molecule has 8 nitrogen and oxygen atoms in total. The van der Waals surface area contributed by atoms with Gasteiger partial charge >= 0.3 is 0 Å². The summed E-state index contributed by atoms with van der Waals surface area (Å²) in [5.41, 5.74) is 6.10. The topological polar surface area (TPSA) is 132 Å². The van der Waals surface area contributed by atoms with E-state index in [-0.39, 0.29) is 27.4 Å². The van der Waals surface area contributed by atoms with Gasteiger partial charge in [0, 0.05) is 17.7 Å². The summed E-state index contributed by atoms with van der Waals surface area (Å²) in [6.45, 7) is 3.04. The van der Waals surface area contributed by atoms with Crippen LogP contribution in [0.15, 0.2) is 41.3 Å². The normalized spacial score (nSPS) is 11.1. The number of anilines is 1. The Morgan fingerprint density at radius 2 is 1.88 bits per heavy atom. The van der Waals surface area contributed by atoms with Crippen molar-refractivity contribution in [1.82, 2.24) is 0 Å². The number of non-ortho nitro benzene ring substituents is 1. The molecule has 0 aliphatic carbocycles. The van der Waals surface area contributed by atoms with E-state index in [9.17, 15) is 23.3 Å². The van der Waals surface area contributed by atoms with Crippen LogP contribution in [0.1, 0.15) is 21.5 Å². The molecule has 2 aromatic rings. The van der Waals surface area contributed by atoms with E-state index in [0.717, 1.165) is 6.07 Å². The Labute approximate surface area is 138 Å². The van der Waals surface area contributed by atoms with E-state index in [4.69, 9.17) is 5.73 Å². The lowest BCUT2D eigenvalue weighted by Gasteiger charge is -2.13. The van der Waals surface area contributed by atoms with Gasteiger partial charge in [-0.3, -0.25) is 19.6 Å². The summed E-state index contributed by atoms with van der Waals surface area (Å²) >= 11 is 0. The number of nitrogens with two attached hydrogens (primary N) is 1. The summed E-state index contributed by atoms with van der Waals surface area (Å²) in [5, 5.41) is 10.7. The Bertz CT molecular complexity index is 938. The van der Waals surface area contributed by atoms with Crippen LogP contribution in [0.25, 0.3) is 0 Å². The van der Waals surface area contributed by atoms with Crippen molar-refractivity contribution in [2.75, 3.05) is 4.72 Å². The molecule has 2 rings (SSSR count). The second kappa shape index (κ2) is 6.28. The van der Waals surface area contributed by atoms with E-state index in [0.29, 0.717) is 5.56 Å². The van der Waals surface area contributed by atoms with Crippen LogP contribution in [0.2, 0.25) is 0 Å². The molecule has 3 N–H and O–H groups in total. The van der Waals surface area contributed by atoms with Crippen LogP contribution in [0.5, 0.6) is 0 Å². The molecule has 2 aromatic carbocycles. The SMILES string of the molecule is Cc1cc([N+](=O)[O-])ccc1S(=O)(=O)Nc1cccc(C(N)=O)c1C. The van der Waals surface area contributed by atoms with Gasteiger partial charge in [-0.05, 0) is 43.2 Å². The van der Waals surface area contributed by atoms with Crippen molar-refractivity contribution in [2.45, 2.75) is 18.7 Å². The average Bonchev–Trinajstić information content (AvgIpc) is 2.48. The van der Waals surface area contributed by atoms with Gasteiger partial charge in [0.2, 0.25) is 5.91 Å². The van der Waals surface area contributed by atoms with Crippen LogP contribution in [-0.2, 0) is 10.0 Å². The molecule has 0 fully saturated rings. The van der Waals surface area contributed by atoms with Gasteiger partial charge in [-0.1, -0.05) is 6.07 Å². The number of aryl methyl sites for hydroxylation is 1. The lowest BCUT2D eigenvalue weighted by atomic mass is 10.1. The van der Waals surface area contributed by atoms with Crippen LogP contribution in [0.3, 0.4) is 0 Å². The number of hydrogen-bond donors (Lipinski definition) is 2. The molecule has 0 radical (unpaired) electrons. The lowest BCUT2D eigenvalue weighted by Crippen LogP contribution is -2.18. The van der Waals surface area contributed by atoms with Gasteiger partial charge < -0.3 is 5.73 Å². The number of carbonyl (C=O) groups excluding carboxylic acids is 1. The number of nitro groups is 1. The zero-order chi connectivity index (χ0) is 18.1. The summed E-state index contributed by atoms with van der Waals surface area (Å²) in [6, 6.07) is 7.97. The molecule has 24 heavy (non-hydrogen) atoms. The van der Waals surface area contributed by atoms with Crippen molar-refractivity contribution < 1.29 is 18.1 Å². The number of carbonyl (C=O) groups is 1. The third-order valence-corrected chi connectivity index (χ3v) is 5.03. The van der Waals surface area contributed by atoms with E-state index >= 15 is 0 Å². The van der Waals surface area contributed by atoms with Crippen LogP contribution in [0, 0.1) is 24.0 Å². The molecule has 1 amide bonds. The molecule has 126 valence electrons. The van der Waals surface area contributed by atoms with Crippen LogP contribution >= 0.6 is 0 Å². The second-order valence-electron chi connectivity index (χ2n) is 5.15. The molecular weight excluding hydrogens is 334 g/mol. The molecular formula is C15H15N3O5S. The zero-order valence-corrected chi connectivity index (χ0v) is 13.8. The first-order chi connectivity index (χ1) is 11.1. The summed E-state index contributed by atoms with van der Waals surface area (Å²) in [7, 11) is -3.98. The summed E-state index contributed by atoms with van der Waals surface area (Å²) < 4.78 is 27.5. The maximum Gasteiger partial charge on any atom is 0.269 e. The molecule has 0 unspecified atom stereocenters. The van der Waals surface area contributed by atoms with E-state index in [1.165, 1.54) is 37.3 Å². The highest BCUT2D eigenvalue weighted by molar-refractivity contribution is 7.92. The van der Waals surface area contributed by atoms with Crippen LogP contribution in [0.4, 0.5) is 11.4 Å². The minimum absolute atomic E-state index is 0.0861. The van der Waals surface area contributed by atoms with E-state index in [1.54, 1.807) is 6.92 Å². The van der Waals surface area contributed by atoms with Gasteiger partial charge in [0.1, 0.15) is 0 Å². The number of nitrogens with one attached hydrogen (secondary N) is 1. The standard InChI is InChI=1S/C15H15N3O5S/c1-9-8-11(18(20)21)6-7-14(9)24(22,23)17-13-5-3-4-12(10(13)2)15(16)19/h3-8,17H,1-2H3,(H2,16,19). The first kappa shape index (κ1) is 17.4. The Balaban J connectivity index is 2.45. The van der Waals surface area contributed by atoms with E-state index < -0.39 is 20.9 Å². The third-order valence-electron chi connectivity index (χ3n) is 3.50. The summed E-state index contributed by atoms with van der Waals surface area (Å²) in [6.07, 6.45) is 0. The first-order valence-corrected chi connectivity index (χ1v) is 8.29. The highest BCUT2D eigenvalue weighted by atomic mass is 32.2. The average molecular weight is 349 g/mol. The number of rotatable bonds is 5. The van der Waals surface area contributed by atoms with Crippen molar-refractivity contribution in [3.8, 4) is 0 Å². The van der Waals surface area contributed by atoms with E-state index in [2.05, 4.69) is 4.72 Å². The number of benzene rings is 2. The zero-order valence-electron chi connectivity index (χ0n) is 12.9. The predicted molar refractivity (Wildman–Crippen MR) is 88.3 cm³/mol. The molecule has 0 spiro atoms. The van der Waals surface area contributed by atoms with Crippen molar-refractivity contribution in [1.29, 1.82) is 0 Å². The fraction of sp³-hybridized carbons (Fsp3) is 0.133. The van der Waals surface area contributed by atoms with Crippen LogP contribution < -0.4 is 10.5 Å². The first-order valence-electron chi connectivity index (χ1n) is 6.81. The fourth-order valence-corrected chi connectivity index (χ4v) is 3.61. The van der Waals surface area contributed by atoms with Crippen molar-refractivity contribution in [2.24, 2.45) is 5.73 Å². The number of nitro benzene ring substituents is 1. The molecule has 0 aliphatic heterocycles. The van der Waals surface area contributed by atoms with Gasteiger partial charge in [-0.2, -0.15) is 0 Å². The number of primary amides is 1. The van der Waals surface area contributed by atoms with Crippen molar-refractivity contribution >= 4 is 27.3 Å². The molecule has 0 heterocycles. The van der Waals surface area contributed by atoms with Gasteiger partial charge in [0.05, 0.1) is 15.5 Å². The van der Waals surface area contributed by atoms with Crippen molar-refractivity contribution in [3.05, 3.63) is 63.2 Å². The Morgan fingerprint density at radius 3 is 2.42 bits per heavy atom. The molecule has 9 heteroatoms. The Hall–Kier alpha value is -2.94. The van der Waals surface area contributed by atoms with Gasteiger partial charge in [0.25, 0.3) is 15.7 Å². The third kappa shape index (κ3) is 3.35. The van der Waals surface area contributed by atoms with Gasteiger partial charge in [-0.15, -0.1) is 0 Å². The van der Waals surface area contributed by atoms with E-state index in [1.807, 2.05) is 0 Å². The number of amides is 1.